The average Bonchev–Trinajstić information content (AvgIpc) is 3.11. The van der Waals surface area contributed by atoms with E-state index in [-0.39, 0.29) is 0 Å². The molecule has 1 aliphatic rings. The Morgan fingerprint density at radius 2 is 0.956 bits per heavy atom. The first-order chi connectivity index (χ1) is 22.3. The Kier molecular flexibility index (Phi) is 5.06. The predicted octanol–water partition coefficient (Wildman–Crippen LogP) is 12.6. The fourth-order valence-electron chi connectivity index (χ4n) is 7.54. The summed E-state index contributed by atoms with van der Waals surface area (Å²) in [5, 5.41) is 12.5. The molecule has 1 nitrogen and oxygen atoms in total. The molecule has 0 saturated carbocycles. The second-order valence-electron chi connectivity index (χ2n) is 12.0. The zero-order valence-corrected chi connectivity index (χ0v) is 24.4. The Bertz CT molecular complexity index is 2670. The summed E-state index contributed by atoms with van der Waals surface area (Å²) in [4.78, 5) is 0. The summed E-state index contributed by atoms with van der Waals surface area (Å²) < 4.78 is 6.90. The zero-order chi connectivity index (χ0) is 29.5. The summed E-state index contributed by atoms with van der Waals surface area (Å²) in [5.74, 6) is 1.83. The Morgan fingerprint density at radius 1 is 0.333 bits per heavy atom. The van der Waals surface area contributed by atoms with Crippen LogP contribution in [0.25, 0.3) is 87.2 Å². The normalized spacial score (nSPS) is 12.2. The van der Waals surface area contributed by atoms with Gasteiger partial charge in [0.1, 0.15) is 11.5 Å². The summed E-state index contributed by atoms with van der Waals surface area (Å²) in [5.41, 5.74) is 7.04. The van der Waals surface area contributed by atoms with Crippen molar-refractivity contribution in [2.75, 3.05) is 0 Å². The molecule has 0 spiro atoms. The summed E-state index contributed by atoms with van der Waals surface area (Å²) in [6, 6.07) is 57.2. The van der Waals surface area contributed by atoms with Crippen molar-refractivity contribution in [3.05, 3.63) is 158 Å². The van der Waals surface area contributed by atoms with Crippen molar-refractivity contribution in [3.8, 4) is 44.9 Å². The van der Waals surface area contributed by atoms with Crippen molar-refractivity contribution in [2.45, 2.75) is 0 Å². The quantitative estimate of drug-likeness (QED) is 0.188. The van der Waals surface area contributed by atoms with Gasteiger partial charge in [-0.1, -0.05) is 140 Å². The van der Waals surface area contributed by atoms with Crippen LogP contribution in [0.4, 0.5) is 0 Å². The molecule has 0 amide bonds. The van der Waals surface area contributed by atoms with Crippen molar-refractivity contribution in [1.29, 1.82) is 0 Å². The SMILES string of the molecule is c1ccc(-c2c3c4c(cccc4c4ccccc24)-c2cc(-c4ccc5ccc6c7ccccc7ccc6c5c4)ccc2O3)cc1. The van der Waals surface area contributed by atoms with E-state index in [1.807, 2.05) is 0 Å². The van der Waals surface area contributed by atoms with Crippen LogP contribution < -0.4 is 4.74 Å². The van der Waals surface area contributed by atoms with Gasteiger partial charge in [-0.05, 0) is 88.9 Å². The summed E-state index contributed by atoms with van der Waals surface area (Å²) in [7, 11) is 0. The molecule has 1 heteroatoms. The Labute approximate surface area is 260 Å². The van der Waals surface area contributed by atoms with Crippen molar-refractivity contribution in [2.24, 2.45) is 0 Å². The lowest BCUT2D eigenvalue weighted by molar-refractivity contribution is 0.489. The van der Waals surface area contributed by atoms with Gasteiger partial charge in [0.2, 0.25) is 0 Å². The molecule has 1 aliphatic heterocycles. The second kappa shape index (κ2) is 9.29. The predicted molar refractivity (Wildman–Crippen MR) is 190 cm³/mol. The largest absolute Gasteiger partial charge is 0.455 e. The lowest BCUT2D eigenvalue weighted by Gasteiger charge is -2.26. The first kappa shape index (κ1) is 24.5. The fraction of sp³-hybridized carbons (Fsp3) is 0. The van der Waals surface area contributed by atoms with Gasteiger partial charge < -0.3 is 4.74 Å². The summed E-state index contributed by atoms with van der Waals surface area (Å²) >= 11 is 0. The molecule has 9 aromatic carbocycles. The lowest BCUT2D eigenvalue weighted by Crippen LogP contribution is -2.00. The average molecular weight is 571 g/mol. The van der Waals surface area contributed by atoms with E-state index in [9.17, 15) is 0 Å². The molecular formula is C44H26O. The van der Waals surface area contributed by atoms with Crippen LogP contribution in [-0.4, -0.2) is 0 Å². The van der Waals surface area contributed by atoms with E-state index in [0.29, 0.717) is 0 Å². The minimum absolute atomic E-state index is 0.893. The fourth-order valence-corrected chi connectivity index (χ4v) is 7.54. The van der Waals surface area contributed by atoms with Crippen LogP contribution in [0, 0.1) is 0 Å². The minimum Gasteiger partial charge on any atom is -0.455 e. The van der Waals surface area contributed by atoms with E-state index in [2.05, 4.69) is 158 Å². The van der Waals surface area contributed by atoms with E-state index in [1.54, 1.807) is 0 Å². The molecule has 45 heavy (non-hydrogen) atoms. The van der Waals surface area contributed by atoms with Crippen molar-refractivity contribution in [3.63, 3.8) is 0 Å². The first-order valence-electron chi connectivity index (χ1n) is 15.5. The highest BCUT2D eigenvalue weighted by molar-refractivity contribution is 6.22. The van der Waals surface area contributed by atoms with Gasteiger partial charge in [0.25, 0.3) is 0 Å². The molecule has 9 aromatic rings. The molecule has 0 N–H and O–H groups in total. The molecule has 0 saturated heterocycles. The van der Waals surface area contributed by atoms with Gasteiger partial charge in [0.15, 0.2) is 0 Å². The molecular weight excluding hydrogens is 544 g/mol. The van der Waals surface area contributed by atoms with Gasteiger partial charge in [0, 0.05) is 16.5 Å². The van der Waals surface area contributed by atoms with Gasteiger partial charge in [-0.15, -0.1) is 0 Å². The first-order valence-corrected chi connectivity index (χ1v) is 15.5. The minimum atomic E-state index is 0.893. The number of hydrogen-bond acceptors (Lipinski definition) is 1. The highest BCUT2D eigenvalue weighted by Crippen LogP contribution is 2.54. The third-order valence-corrected chi connectivity index (χ3v) is 9.63. The van der Waals surface area contributed by atoms with Crippen molar-refractivity contribution < 1.29 is 4.74 Å². The molecule has 208 valence electrons. The molecule has 0 atom stereocenters. The van der Waals surface area contributed by atoms with Crippen LogP contribution in [0.3, 0.4) is 0 Å². The van der Waals surface area contributed by atoms with Crippen LogP contribution >= 0.6 is 0 Å². The van der Waals surface area contributed by atoms with Crippen LogP contribution in [0.2, 0.25) is 0 Å². The van der Waals surface area contributed by atoms with E-state index in [4.69, 9.17) is 4.74 Å². The molecule has 10 rings (SSSR count). The lowest BCUT2D eigenvalue weighted by atomic mass is 9.86. The van der Waals surface area contributed by atoms with Crippen molar-refractivity contribution in [1.82, 2.24) is 0 Å². The molecule has 0 aliphatic carbocycles. The van der Waals surface area contributed by atoms with E-state index in [0.717, 1.165) is 28.2 Å². The number of ether oxygens (including phenoxy) is 1. The highest BCUT2D eigenvalue weighted by atomic mass is 16.5. The Morgan fingerprint density at radius 3 is 1.82 bits per heavy atom. The van der Waals surface area contributed by atoms with Gasteiger partial charge in [-0.2, -0.15) is 0 Å². The number of rotatable bonds is 2. The highest BCUT2D eigenvalue weighted by Gasteiger charge is 2.26. The standard InChI is InChI=1S/C44H26O/c1-2-10-29(11-3-1)42-36-14-7-6-13-33(36)37-15-8-16-38-40-26-31(21-24-41(40)45-44(42)43(37)38)30-18-17-28-20-22-34-32-12-5-4-9-27(32)19-23-35(34)39(28)25-30/h1-26H. The summed E-state index contributed by atoms with van der Waals surface area (Å²) in [6.07, 6.45) is 0. The third-order valence-electron chi connectivity index (χ3n) is 9.63. The monoisotopic (exact) mass is 570 g/mol. The molecule has 0 unspecified atom stereocenters. The van der Waals surface area contributed by atoms with Gasteiger partial charge >= 0.3 is 0 Å². The number of benzene rings is 9. The molecule has 1 heterocycles. The molecule has 0 radical (unpaired) electrons. The van der Waals surface area contributed by atoms with Crippen LogP contribution in [0.1, 0.15) is 0 Å². The van der Waals surface area contributed by atoms with Gasteiger partial charge in [-0.3, -0.25) is 0 Å². The van der Waals surface area contributed by atoms with E-state index >= 15 is 0 Å². The van der Waals surface area contributed by atoms with Gasteiger partial charge in [-0.25, -0.2) is 0 Å². The zero-order valence-electron chi connectivity index (χ0n) is 24.4. The second-order valence-corrected chi connectivity index (χ2v) is 12.0. The Hall–Kier alpha value is -5.92. The van der Waals surface area contributed by atoms with Crippen LogP contribution in [0.5, 0.6) is 11.5 Å². The van der Waals surface area contributed by atoms with E-state index in [1.165, 1.54) is 70.6 Å². The van der Waals surface area contributed by atoms with E-state index < -0.39 is 0 Å². The summed E-state index contributed by atoms with van der Waals surface area (Å²) in [6.45, 7) is 0. The number of fused-ring (bicyclic) bond motifs is 9. The topological polar surface area (TPSA) is 9.23 Å². The smallest absolute Gasteiger partial charge is 0.144 e. The number of hydrogen-bond donors (Lipinski definition) is 0. The third kappa shape index (κ3) is 3.56. The van der Waals surface area contributed by atoms with Crippen LogP contribution in [0.15, 0.2) is 158 Å². The molecule has 0 fully saturated rings. The maximum Gasteiger partial charge on any atom is 0.144 e. The Balaban J connectivity index is 1.20. The van der Waals surface area contributed by atoms with Crippen LogP contribution in [-0.2, 0) is 0 Å². The maximum absolute atomic E-state index is 6.90. The van der Waals surface area contributed by atoms with Gasteiger partial charge in [0.05, 0.1) is 0 Å². The molecule has 0 aromatic heterocycles. The maximum atomic E-state index is 6.90. The molecule has 0 bridgehead atoms. The van der Waals surface area contributed by atoms with Crippen molar-refractivity contribution >= 4 is 53.9 Å².